The Balaban J connectivity index is 0.000000441. The number of hydrogen-bond donors (Lipinski definition) is 5. The van der Waals surface area contributed by atoms with Gasteiger partial charge in [-0.25, -0.2) is 19.6 Å². The summed E-state index contributed by atoms with van der Waals surface area (Å²) in [5.41, 5.74) is 5.50. The molecule has 14 heteroatoms. The average Bonchev–Trinajstić information content (AvgIpc) is 4.12. The number of ether oxygens (including phenoxy) is 2. The van der Waals surface area contributed by atoms with E-state index < -0.39 is 29.4 Å². The highest BCUT2D eigenvalue weighted by Gasteiger charge is 2.26. The van der Waals surface area contributed by atoms with Crippen LogP contribution in [0.4, 0.5) is 9.59 Å². The number of carbonyl (C=O) groups excluding carboxylic acids is 4. The van der Waals surface area contributed by atoms with Gasteiger partial charge in [0, 0.05) is 24.1 Å². The molecule has 0 spiro atoms. The zero-order valence-electron chi connectivity index (χ0n) is 40.8. The van der Waals surface area contributed by atoms with Gasteiger partial charge in [-0.3, -0.25) is 9.69 Å². The number of imidazole rings is 2. The van der Waals surface area contributed by atoms with Crippen molar-refractivity contribution in [2.45, 2.75) is 96.9 Å². The number of aldehydes is 1. The van der Waals surface area contributed by atoms with E-state index in [0.29, 0.717) is 24.4 Å². The predicted molar refractivity (Wildman–Crippen MR) is 270 cm³/mol. The highest BCUT2D eigenvalue weighted by atomic mass is 16.6. The Bertz CT molecular complexity index is 2540. The van der Waals surface area contributed by atoms with Crippen molar-refractivity contribution in [3.8, 4) is 34.4 Å². The maximum atomic E-state index is 13.1. The van der Waals surface area contributed by atoms with Crippen molar-refractivity contribution in [2.75, 3.05) is 26.7 Å². The van der Waals surface area contributed by atoms with Crippen LogP contribution in [0.25, 0.3) is 22.5 Å². The number of aromatic nitrogens is 4. The van der Waals surface area contributed by atoms with Crippen LogP contribution < -0.4 is 16.0 Å². The van der Waals surface area contributed by atoms with Crippen molar-refractivity contribution in [3.63, 3.8) is 0 Å². The zero-order chi connectivity index (χ0) is 49.7. The Morgan fingerprint density at radius 3 is 1.80 bits per heavy atom. The van der Waals surface area contributed by atoms with E-state index in [-0.39, 0.29) is 12.5 Å². The number of benzene rings is 4. The highest BCUT2D eigenvalue weighted by molar-refractivity contribution is 5.87. The van der Waals surface area contributed by atoms with Crippen molar-refractivity contribution in [2.24, 2.45) is 0 Å². The van der Waals surface area contributed by atoms with Gasteiger partial charge in [-0.1, -0.05) is 103 Å². The van der Waals surface area contributed by atoms with Crippen LogP contribution in [0.1, 0.15) is 108 Å². The van der Waals surface area contributed by atoms with E-state index in [4.69, 9.17) is 9.47 Å². The molecule has 1 aliphatic rings. The van der Waals surface area contributed by atoms with Gasteiger partial charge in [0.25, 0.3) is 0 Å². The van der Waals surface area contributed by atoms with E-state index in [2.05, 4.69) is 71.8 Å². The van der Waals surface area contributed by atoms with Crippen molar-refractivity contribution < 1.29 is 28.7 Å². The van der Waals surface area contributed by atoms with E-state index in [9.17, 15) is 19.2 Å². The molecule has 362 valence electrons. The normalized spacial score (nSPS) is 13.7. The minimum atomic E-state index is -0.849. The lowest BCUT2D eigenvalue weighted by atomic mass is 10.1. The molecule has 1 aliphatic heterocycles. The van der Waals surface area contributed by atoms with Gasteiger partial charge in [0.15, 0.2) is 0 Å². The van der Waals surface area contributed by atoms with Gasteiger partial charge in [0.2, 0.25) is 5.91 Å². The second-order valence-corrected chi connectivity index (χ2v) is 18.4. The van der Waals surface area contributed by atoms with E-state index in [0.717, 1.165) is 77.5 Å². The van der Waals surface area contributed by atoms with Gasteiger partial charge >= 0.3 is 12.2 Å². The fourth-order valence-corrected chi connectivity index (χ4v) is 7.08. The molecule has 69 heavy (non-hydrogen) atoms. The Morgan fingerprint density at radius 1 is 0.725 bits per heavy atom. The minimum absolute atomic E-state index is 0.00505. The van der Waals surface area contributed by atoms with Gasteiger partial charge in [-0.05, 0) is 122 Å². The van der Waals surface area contributed by atoms with Crippen LogP contribution in [0.15, 0.2) is 128 Å². The molecule has 0 aliphatic carbocycles. The third-order valence-electron chi connectivity index (χ3n) is 10.4. The van der Waals surface area contributed by atoms with Crippen LogP contribution in [0.3, 0.4) is 0 Å². The molecule has 2 unspecified atom stereocenters. The SMILES string of the molecule is CC(C)(C)OC(=O)NCC=O.CN1CCCC1c1ncc(-c2ccc(C#Cc3ccc(-c4cnc(CCCCNC(=O)C(NC(=O)OC(C)(C)C)c5ccccc5)[nH]4)cc3)cc2)[nH]1.c1ccccc1. The number of likely N-dealkylation sites (tertiary alicyclic amines) is 1. The predicted octanol–water partition coefficient (Wildman–Crippen LogP) is 9.73. The first kappa shape index (κ1) is 52.5. The van der Waals surface area contributed by atoms with Gasteiger partial charge in [0.05, 0.1) is 36.4 Å². The Kier molecular flexibility index (Phi) is 19.9. The standard InChI is InChI=1S/C42H47N7O3.C7H13NO3.C6H6/c1-42(2,3)52-41(51)48-38(33-11-6-5-7-12-33)40(50)43-25-9-8-14-37-44-27-34(46-37)31-21-17-29(18-22-31)15-16-30-19-23-32(24-20-30)35-28-45-39(47-35)36-13-10-26-49(36)4;1-7(2,3)11-6(10)8-4-5-9;1-2-4-6-5-3-1/h5-7,11-12,17-24,27-28,36,38H,8-10,13-14,25-26H2,1-4H3,(H,43,50)(H,44,46)(H,45,47)(H,48,51);5H,4H2,1-3H3,(H,8,10);1-6H. The summed E-state index contributed by atoms with van der Waals surface area (Å²) in [4.78, 5) is 64.5. The molecular weight excluding hydrogens is 869 g/mol. The first-order valence-electron chi connectivity index (χ1n) is 23.3. The number of aryl methyl sites for hydroxylation is 1. The number of alkyl carbamates (subject to hydrolysis) is 2. The van der Waals surface area contributed by atoms with Crippen LogP contribution in [0.2, 0.25) is 0 Å². The van der Waals surface area contributed by atoms with Crippen molar-refractivity contribution in [3.05, 3.63) is 156 Å². The third kappa shape index (κ3) is 18.6. The number of H-pyrrole nitrogens is 2. The lowest BCUT2D eigenvalue weighted by Gasteiger charge is -2.23. The van der Waals surface area contributed by atoms with Crippen molar-refractivity contribution in [1.29, 1.82) is 0 Å². The molecule has 3 amide bonds. The van der Waals surface area contributed by atoms with E-state index in [1.807, 2.05) is 116 Å². The second-order valence-electron chi connectivity index (χ2n) is 18.4. The molecule has 6 aromatic rings. The molecule has 1 fully saturated rings. The monoisotopic (exact) mass is 935 g/mol. The number of rotatable bonds is 13. The molecule has 1 saturated heterocycles. The Labute approximate surface area is 406 Å². The largest absolute Gasteiger partial charge is 0.444 e. The zero-order valence-corrected chi connectivity index (χ0v) is 40.8. The molecule has 7 rings (SSSR count). The maximum Gasteiger partial charge on any atom is 0.408 e. The molecule has 2 aromatic heterocycles. The molecule has 0 bridgehead atoms. The lowest BCUT2D eigenvalue weighted by Crippen LogP contribution is -2.42. The summed E-state index contributed by atoms with van der Waals surface area (Å²) in [5.74, 6) is 8.20. The van der Waals surface area contributed by atoms with Crippen molar-refractivity contribution >= 4 is 24.4 Å². The molecular formula is C55H66N8O6. The maximum absolute atomic E-state index is 13.1. The second kappa shape index (κ2) is 26.2. The summed E-state index contributed by atoms with van der Waals surface area (Å²) in [6, 6.07) is 37.1. The summed E-state index contributed by atoms with van der Waals surface area (Å²) in [5, 5.41) is 7.92. The topological polar surface area (TPSA) is 183 Å². The number of amides is 3. The third-order valence-corrected chi connectivity index (χ3v) is 10.4. The smallest absolute Gasteiger partial charge is 0.408 e. The van der Waals surface area contributed by atoms with E-state index >= 15 is 0 Å². The fraction of sp³-hybridized carbons (Fsp3) is 0.345. The molecule has 3 heterocycles. The lowest BCUT2D eigenvalue weighted by molar-refractivity contribution is -0.123. The molecule has 4 aromatic carbocycles. The first-order valence-corrected chi connectivity index (χ1v) is 23.3. The number of carbonyl (C=O) groups is 4. The number of nitrogens with one attached hydrogen (secondary N) is 5. The summed E-state index contributed by atoms with van der Waals surface area (Å²) in [6.45, 7) is 12.2. The van der Waals surface area contributed by atoms with Gasteiger partial charge in [0.1, 0.15) is 35.2 Å². The fourth-order valence-electron chi connectivity index (χ4n) is 7.08. The van der Waals surface area contributed by atoms with Crippen LogP contribution in [0.5, 0.6) is 0 Å². The van der Waals surface area contributed by atoms with Gasteiger partial charge in [-0.2, -0.15) is 0 Å². The number of aromatic amines is 2. The van der Waals surface area contributed by atoms with E-state index in [1.165, 1.54) is 6.42 Å². The molecule has 14 nitrogen and oxygen atoms in total. The van der Waals surface area contributed by atoms with Crippen LogP contribution >= 0.6 is 0 Å². The molecule has 0 saturated carbocycles. The quantitative estimate of drug-likeness (QED) is 0.0428. The van der Waals surface area contributed by atoms with Crippen molar-refractivity contribution in [1.82, 2.24) is 40.8 Å². The minimum Gasteiger partial charge on any atom is -0.444 e. The number of unbranched alkanes of at least 4 members (excludes halogenated alkanes) is 1. The first-order chi connectivity index (χ1) is 33.1. The Hall–Kier alpha value is -7.50. The highest BCUT2D eigenvalue weighted by Crippen LogP contribution is 2.30. The van der Waals surface area contributed by atoms with Gasteiger partial charge in [-0.15, -0.1) is 0 Å². The Morgan fingerprint density at radius 2 is 1.26 bits per heavy atom. The average molecular weight is 935 g/mol. The molecule has 2 atom stereocenters. The number of nitrogens with zero attached hydrogens (tertiary/aromatic N) is 3. The summed E-state index contributed by atoms with van der Waals surface area (Å²) < 4.78 is 10.2. The van der Waals surface area contributed by atoms with Gasteiger partial charge < -0.3 is 40.2 Å². The van der Waals surface area contributed by atoms with Crippen LogP contribution in [0, 0.1) is 11.8 Å². The number of hydrogen-bond acceptors (Lipinski definition) is 9. The summed E-state index contributed by atoms with van der Waals surface area (Å²) in [7, 11) is 2.16. The van der Waals surface area contributed by atoms with E-state index in [1.54, 1.807) is 41.5 Å². The molecule has 5 N–H and O–H groups in total. The summed E-state index contributed by atoms with van der Waals surface area (Å²) in [6.07, 6.45) is 7.86. The van der Waals surface area contributed by atoms with Crippen LogP contribution in [-0.2, 0) is 25.5 Å². The molecule has 0 radical (unpaired) electrons. The summed E-state index contributed by atoms with van der Waals surface area (Å²) >= 11 is 0. The van der Waals surface area contributed by atoms with Crippen LogP contribution in [-0.4, -0.2) is 87.1 Å².